The number of carbonyl (C=O) groups is 1. The highest BCUT2D eigenvalue weighted by atomic mass is 19.4. The Bertz CT molecular complexity index is 1380. The molecule has 14 heteroatoms. The molecule has 0 atom stereocenters. The minimum atomic E-state index is -4.50. The summed E-state index contributed by atoms with van der Waals surface area (Å²) in [5, 5.41) is 27.7. The molecule has 0 aliphatic heterocycles. The van der Waals surface area contributed by atoms with Crippen molar-refractivity contribution in [1.29, 1.82) is 0 Å². The summed E-state index contributed by atoms with van der Waals surface area (Å²) >= 11 is 0. The van der Waals surface area contributed by atoms with Crippen LogP contribution in [0.4, 0.5) is 13.2 Å². The molecule has 4 rings (SSSR count). The second-order valence-corrected chi connectivity index (χ2v) is 8.87. The summed E-state index contributed by atoms with van der Waals surface area (Å²) in [5.74, 6) is -0.0697. The van der Waals surface area contributed by atoms with Crippen LogP contribution in [0.3, 0.4) is 0 Å². The number of halogens is 3. The Hall–Kier alpha value is -4.07. The van der Waals surface area contributed by atoms with Gasteiger partial charge in [0, 0.05) is 17.8 Å². The zero-order chi connectivity index (χ0) is 26.1. The Balaban J connectivity index is 1.57. The van der Waals surface area contributed by atoms with Crippen LogP contribution in [0, 0.1) is 0 Å². The Morgan fingerprint density at radius 2 is 1.97 bits per heavy atom. The van der Waals surface area contributed by atoms with Crippen LogP contribution in [-0.2, 0) is 18.6 Å². The van der Waals surface area contributed by atoms with E-state index in [0.717, 1.165) is 5.56 Å². The van der Waals surface area contributed by atoms with Gasteiger partial charge in [-0.05, 0) is 23.6 Å². The lowest BCUT2D eigenvalue weighted by Crippen LogP contribution is -2.33. The van der Waals surface area contributed by atoms with Crippen molar-refractivity contribution in [2.24, 2.45) is 0 Å². The molecule has 190 valence electrons. The lowest BCUT2D eigenvalue weighted by Gasteiger charge is -2.21. The van der Waals surface area contributed by atoms with Gasteiger partial charge >= 0.3 is 6.18 Å². The second-order valence-electron chi connectivity index (χ2n) is 8.87. The quantitative estimate of drug-likeness (QED) is 0.388. The van der Waals surface area contributed by atoms with E-state index in [9.17, 15) is 23.1 Å². The molecular formula is C22H22F3N7O4. The Morgan fingerprint density at radius 1 is 1.19 bits per heavy atom. The number of hydrogen-bond acceptors (Lipinski definition) is 9. The molecule has 4 aromatic heterocycles. The minimum Gasteiger partial charge on any atom is -0.470 e. The fraction of sp³-hybridized carbons (Fsp3) is 0.364. The summed E-state index contributed by atoms with van der Waals surface area (Å²) in [6.45, 7) is 4.14. The number of pyridine rings is 1. The number of fused-ring (bicyclic) bond motifs is 1. The van der Waals surface area contributed by atoms with Gasteiger partial charge in [-0.15, -0.1) is 15.3 Å². The zero-order valence-electron chi connectivity index (χ0n) is 19.5. The maximum Gasteiger partial charge on any atom is 0.405 e. The first-order chi connectivity index (χ1) is 16.9. The van der Waals surface area contributed by atoms with E-state index in [1.54, 1.807) is 11.4 Å². The van der Waals surface area contributed by atoms with E-state index in [1.807, 2.05) is 20.8 Å². The minimum absolute atomic E-state index is 0.0121. The molecule has 0 aliphatic rings. The predicted octanol–water partition coefficient (Wildman–Crippen LogP) is 2.84. The number of carbonyl (C=O) groups excluding carboxylic acids is 1. The zero-order valence-corrected chi connectivity index (χ0v) is 19.5. The summed E-state index contributed by atoms with van der Waals surface area (Å²) < 4.78 is 49.3. The van der Waals surface area contributed by atoms with Crippen molar-refractivity contribution < 1.29 is 32.3 Å². The van der Waals surface area contributed by atoms with Crippen molar-refractivity contribution in [2.45, 2.75) is 45.6 Å². The van der Waals surface area contributed by atoms with Crippen molar-refractivity contribution in [3.05, 3.63) is 53.0 Å². The van der Waals surface area contributed by atoms with E-state index in [1.165, 1.54) is 28.9 Å². The molecule has 0 aromatic carbocycles. The average molecular weight is 505 g/mol. The van der Waals surface area contributed by atoms with Crippen molar-refractivity contribution in [1.82, 2.24) is 35.3 Å². The van der Waals surface area contributed by atoms with Gasteiger partial charge in [0.15, 0.2) is 17.1 Å². The predicted molar refractivity (Wildman–Crippen MR) is 118 cm³/mol. The monoisotopic (exact) mass is 505 g/mol. The first-order valence-electron chi connectivity index (χ1n) is 10.7. The molecule has 4 heterocycles. The highest BCUT2D eigenvalue weighted by molar-refractivity contribution is 5.93. The molecule has 11 nitrogen and oxygen atoms in total. The number of hydrogen-bond donors (Lipinski definition) is 2. The van der Waals surface area contributed by atoms with Gasteiger partial charge in [-0.2, -0.15) is 17.7 Å². The van der Waals surface area contributed by atoms with E-state index in [-0.39, 0.29) is 41.7 Å². The number of amides is 1. The lowest BCUT2D eigenvalue weighted by atomic mass is 9.88. The van der Waals surface area contributed by atoms with Gasteiger partial charge in [0.05, 0.1) is 11.3 Å². The molecule has 2 N–H and O–H groups in total. The topological polar surface area (TPSA) is 141 Å². The van der Waals surface area contributed by atoms with E-state index in [4.69, 9.17) is 9.26 Å². The van der Waals surface area contributed by atoms with Crippen LogP contribution < -0.4 is 10.1 Å². The van der Waals surface area contributed by atoms with Crippen LogP contribution >= 0.6 is 0 Å². The molecule has 0 fully saturated rings. The van der Waals surface area contributed by atoms with Crippen molar-refractivity contribution in [3.8, 4) is 17.4 Å². The fourth-order valence-electron chi connectivity index (χ4n) is 3.18. The fourth-order valence-corrected chi connectivity index (χ4v) is 3.18. The molecule has 0 saturated carbocycles. The van der Waals surface area contributed by atoms with Crippen LogP contribution in [0.2, 0.25) is 0 Å². The number of ether oxygens (including phenoxy) is 1. The molecular weight excluding hydrogens is 483 g/mol. The summed E-state index contributed by atoms with van der Waals surface area (Å²) in [6, 6.07) is 6.15. The first kappa shape index (κ1) is 25.0. The maximum absolute atomic E-state index is 12.3. The lowest BCUT2D eigenvalue weighted by molar-refractivity contribution is -0.123. The molecule has 1 amide bonds. The third kappa shape index (κ3) is 5.59. The van der Waals surface area contributed by atoms with Gasteiger partial charge in [0.25, 0.3) is 5.91 Å². The molecule has 36 heavy (non-hydrogen) atoms. The molecule has 0 unspecified atom stereocenters. The summed E-state index contributed by atoms with van der Waals surface area (Å²) in [7, 11) is 0. The summed E-state index contributed by atoms with van der Waals surface area (Å²) in [6.07, 6.45) is -3.33. The van der Waals surface area contributed by atoms with E-state index >= 15 is 0 Å². The first-order valence-corrected chi connectivity index (χ1v) is 10.7. The van der Waals surface area contributed by atoms with Crippen LogP contribution in [0.25, 0.3) is 17.2 Å². The number of nitrogens with one attached hydrogen (secondary N) is 1. The van der Waals surface area contributed by atoms with Crippen molar-refractivity contribution >= 4 is 11.6 Å². The van der Waals surface area contributed by atoms with Crippen molar-refractivity contribution in [2.75, 3.05) is 6.54 Å². The Labute approximate surface area is 202 Å². The van der Waals surface area contributed by atoms with Gasteiger partial charge in [-0.1, -0.05) is 25.9 Å². The van der Waals surface area contributed by atoms with Crippen LogP contribution in [0.5, 0.6) is 5.88 Å². The van der Waals surface area contributed by atoms with Crippen LogP contribution in [0.15, 0.2) is 35.0 Å². The average Bonchev–Trinajstić information content (AvgIpc) is 3.46. The number of aliphatic hydroxyl groups excluding tert-OH is 1. The van der Waals surface area contributed by atoms with E-state index < -0.39 is 18.6 Å². The standard InChI is InChI=1S/C22H22F3N7O4/c1-21(2,3)15-7-17-28-29-18(16-6-14(9-33)36-31-16)32(17)30-20(15)35-10-13-5-4-12(8-26-13)19(34)27-11-22(23,24)25/h4-8,33H,9-11H2,1-3H3,(H,27,34). The maximum atomic E-state index is 12.3. The van der Waals surface area contributed by atoms with Gasteiger partial charge in [-0.25, -0.2) is 0 Å². The van der Waals surface area contributed by atoms with Gasteiger partial charge in [-0.3, -0.25) is 9.78 Å². The third-order valence-electron chi connectivity index (χ3n) is 5.00. The number of alkyl halides is 3. The van der Waals surface area contributed by atoms with Crippen LogP contribution in [-0.4, -0.2) is 53.7 Å². The number of nitrogens with zero attached hydrogens (tertiary/aromatic N) is 6. The molecule has 4 aromatic rings. The van der Waals surface area contributed by atoms with E-state index in [0.29, 0.717) is 17.0 Å². The molecule has 0 saturated heterocycles. The molecule has 0 aliphatic carbocycles. The number of rotatable bonds is 7. The van der Waals surface area contributed by atoms with Crippen molar-refractivity contribution in [3.63, 3.8) is 0 Å². The summed E-state index contributed by atoms with van der Waals surface area (Å²) in [4.78, 5) is 16.0. The van der Waals surface area contributed by atoms with Gasteiger partial charge in [0.1, 0.15) is 19.8 Å². The normalized spacial score (nSPS) is 12.2. The molecule has 0 bridgehead atoms. The molecule has 0 spiro atoms. The van der Waals surface area contributed by atoms with Gasteiger partial charge in [0.2, 0.25) is 11.7 Å². The Kier molecular flexibility index (Phi) is 6.63. The SMILES string of the molecule is CC(C)(C)c1cc2nnc(-c3cc(CO)on3)n2nc1OCc1ccc(C(=O)NCC(F)(F)F)cn1. The second kappa shape index (κ2) is 9.53. The number of aliphatic hydroxyl groups is 1. The third-order valence-corrected chi connectivity index (χ3v) is 5.00. The van der Waals surface area contributed by atoms with Gasteiger partial charge < -0.3 is 19.7 Å². The highest BCUT2D eigenvalue weighted by Crippen LogP contribution is 2.32. The Morgan fingerprint density at radius 3 is 2.58 bits per heavy atom. The largest absolute Gasteiger partial charge is 0.470 e. The van der Waals surface area contributed by atoms with Crippen LogP contribution in [0.1, 0.15) is 48.1 Å². The summed E-state index contributed by atoms with van der Waals surface area (Å²) in [5.41, 5.74) is 1.56. The smallest absolute Gasteiger partial charge is 0.405 e. The van der Waals surface area contributed by atoms with E-state index in [2.05, 4.69) is 25.4 Å². The highest BCUT2D eigenvalue weighted by Gasteiger charge is 2.28. The number of aromatic nitrogens is 6. The molecule has 0 radical (unpaired) electrons.